The van der Waals surface area contributed by atoms with Crippen molar-refractivity contribution in [1.82, 2.24) is 4.98 Å². The van der Waals surface area contributed by atoms with Crippen molar-refractivity contribution in [3.8, 4) is 5.75 Å². The molecular weight excluding hydrogens is 346 g/mol. The summed E-state index contributed by atoms with van der Waals surface area (Å²) in [6.07, 6.45) is 0. The SMILES string of the molecule is COc1cc(NC(=O)c2nc(N)ccc2Cl)ccc1Br. The van der Waals surface area contributed by atoms with E-state index in [9.17, 15) is 4.79 Å². The number of aromatic nitrogens is 1. The molecule has 0 aliphatic carbocycles. The second-order valence-electron chi connectivity index (χ2n) is 3.87. The number of ether oxygens (including phenoxy) is 1. The zero-order valence-corrected chi connectivity index (χ0v) is 12.8. The molecule has 0 atom stereocenters. The van der Waals surface area contributed by atoms with Crippen LogP contribution in [0.5, 0.6) is 5.75 Å². The predicted molar refractivity (Wildman–Crippen MR) is 82.3 cm³/mol. The monoisotopic (exact) mass is 355 g/mol. The van der Waals surface area contributed by atoms with Crippen LogP contribution in [0.2, 0.25) is 5.02 Å². The smallest absolute Gasteiger partial charge is 0.275 e. The van der Waals surface area contributed by atoms with Gasteiger partial charge in [0.15, 0.2) is 0 Å². The molecule has 0 aliphatic heterocycles. The molecule has 0 saturated heterocycles. The molecule has 2 rings (SSSR count). The number of hydrogen-bond donors (Lipinski definition) is 2. The van der Waals surface area contributed by atoms with E-state index in [1.165, 1.54) is 12.1 Å². The minimum Gasteiger partial charge on any atom is -0.495 e. The summed E-state index contributed by atoms with van der Waals surface area (Å²) in [5.41, 5.74) is 6.19. The molecule has 0 fully saturated rings. The second kappa shape index (κ2) is 6.11. The van der Waals surface area contributed by atoms with Crippen LogP contribution in [0.3, 0.4) is 0 Å². The maximum atomic E-state index is 12.1. The molecule has 7 heteroatoms. The highest BCUT2D eigenvalue weighted by Gasteiger charge is 2.13. The Balaban J connectivity index is 2.25. The van der Waals surface area contributed by atoms with E-state index in [0.29, 0.717) is 11.4 Å². The Labute approximate surface area is 129 Å². The molecule has 0 aliphatic rings. The number of rotatable bonds is 3. The maximum Gasteiger partial charge on any atom is 0.275 e. The zero-order valence-electron chi connectivity index (χ0n) is 10.5. The van der Waals surface area contributed by atoms with Gasteiger partial charge in [0, 0.05) is 11.8 Å². The normalized spacial score (nSPS) is 10.2. The van der Waals surface area contributed by atoms with E-state index < -0.39 is 5.91 Å². The Kier molecular flexibility index (Phi) is 4.46. The van der Waals surface area contributed by atoms with Crippen LogP contribution < -0.4 is 15.8 Å². The highest BCUT2D eigenvalue weighted by molar-refractivity contribution is 9.10. The third kappa shape index (κ3) is 3.20. The molecule has 5 nitrogen and oxygen atoms in total. The van der Waals surface area contributed by atoms with Crippen LogP contribution in [0.4, 0.5) is 11.5 Å². The summed E-state index contributed by atoms with van der Waals surface area (Å²) in [5.74, 6) is 0.397. The van der Waals surface area contributed by atoms with Crippen molar-refractivity contribution in [3.63, 3.8) is 0 Å². The van der Waals surface area contributed by atoms with Gasteiger partial charge in [0.05, 0.1) is 16.6 Å². The molecule has 0 saturated carbocycles. The highest BCUT2D eigenvalue weighted by Crippen LogP contribution is 2.28. The van der Waals surface area contributed by atoms with Gasteiger partial charge in [-0.15, -0.1) is 0 Å². The Bertz CT molecular complexity index is 664. The molecule has 104 valence electrons. The lowest BCUT2D eigenvalue weighted by atomic mass is 10.2. The molecule has 0 unspecified atom stereocenters. The largest absolute Gasteiger partial charge is 0.495 e. The average Bonchev–Trinajstić information content (AvgIpc) is 2.43. The van der Waals surface area contributed by atoms with Gasteiger partial charge in [-0.3, -0.25) is 4.79 Å². The summed E-state index contributed by atoms with van der Waals surface area (Å²) in [6.45, 7) is 0. The first-order chi connectivity index (χ1) is 9.51. The number of anilines is 2. The van der Waals surface area contributed by atoms with Crippen molar-refractivity contribution < 1.29 is 9.53 Å². The van der Waals surface area contributed by atoms with Crippen LogP contribution in [-0.2, 0) is 0 Å². The third-order valence-electron chi connectivity index (χ3n) is 2.49. The number of nitrogen functional groups attached to an aromatic ring is 1. The number of methoxy groups -OCH3 is 1. The van der Waals surface area contributed by atoms with Gasteiger partial charge in [-0.2, -0.15) is 0 Å². The molecule has 1 aromatic carbocycles. The number of nitrogens with two attached hydrogens (primary N) is 1. The minimum absolute atomic E-state index is 0.0774. The Morgan fingerprint density at radius 2 is 2.15 bits per heavy atom. The van der Waals surface area contributed by atoms with Gasteiger partial charge in [0.2, 0.25) is 0 Å². The summed E-state index contributed by atoms with van der Waals surface area (Å²) >= 11 is 9.27. The van der Waals surface area contributed by atoms with E-state index >= 15 is 0 Å². The fourth-order valence-corrected chi connectivity index (χ4v) is 2.14. The van der Waals surface area contributed by atoms with Crippen molar-refractivity contribution in [3.05, 3.63) is 45.5 Å². The third-order valence-corrected chi connectivity index (χ3v) is 3.45. The van der Waals surface area contributed by atoms with Crippen molar-refractivity contribution in [1.29, 1.82) is 0 Å². The number of nitrogens with zero attached hydrogens (tertiary/aromatic N) is 1. The maximum absolute atomic E-state index is 12.1. The number of amides is 1. The molecule has 1 amide bonds. The van der Waals surface area contributed by atoms with E-state index in [1.54, 1.807) is 25.3 Å². The average molecular weight is 357 g/mol. The molecule has 20 heavy (non-hydrogen) atoms. The summed E-state index contributed by atoms with van der Waals surface area (Å²) < 4.78 is 5.95. The first kappa shape index (κ1) is 14.6. The standard InChI is InChI=1S/C13H11BrClN3O2/c1-20-10-6-7(2-3-8(10)14)17-13(19)12-9(15)4-5-11(16)18-12/h2-6H,1H3,(H2,16,18)(H,17,19). The van der Waals surface area contributed by atoms with Crippen LogP contribution in [0.25, 0.3) is 0 Å². The molecule has 0 radical (unpaired) electrons. The molecular formula is C13H11BrClN3O2. The molecule has 0 spiro atoms. The molecule has 1 aromatic heterocycles. The fourth-order valence-electron chi connectivity index (χ4n) is 1.54. The van der Waals surface area contributed by atoms with Crippen molar-refractivity contribution in [2.75, 3.05) is 18.2 Å². The van der Waals surface area contributed by atoms with E-state index in [0.717, 1.165) is 4.47 Å². The molecule has 2 aromatic rings. The van der Waals surface area contributed by atoms with Gasteiger partial charge in [0.1, 0.15) is 17.3 Å². The lowest BCUT2D eigenvalue weighted by Crippen LogP contribution is -2.15. The van der Waals surface area contributed by atoms with Gasteiger partial charge < -0.3 is 15.8 Å². The molecule has 0 bridgehead atoms. The number of pyridine rings is 1. The van der Waals surface area contributed by atoms with Crippen LogP contribution in [0.15, 0.2) is 34.8 Å². The first-order valence-corrected chi connectivity index (χ1v) is 6.75. The topological polar surface area (TPSA) is 77.2 Å². The number of carbonyl (C=O) groups excluding carboxylic acids is 1. The number of benzene rings is 1. The van der Waals surface area contributed by atoms with Crippen molar-refractivity contribution >= 4 is 44.9 Å². The number of nitrogens with one attached hydrogen (secondary N) is 1. The van der Waals surface area contributed by atoms with Crippen LogP contribution in [0, 0.1) is 0 Å². The van der Waals surface area contributed by atoms with Crippen LogP contribution in [0.1, 0.15) is 10.5 Å². The highest BCUT2D eigenvalue weighted by atomic mass is 79.9. The van der Waals surface area contributed by atoms with Gasteiger partial charge in [-0.25, -0.2) is 4.98 Å². The van der Waals surface area contributed by atoms with Crippen LogP contribution in [-0.4, -0.2) is 18.0 Å². The van der Waals surface area contributed by atoms with Crippen molar-refractivity contribution in [2.24, 2.45) is 0 Å². The van der Waals surface area contributed by atoms with E-state index in [1.807, 2.05) is 0 Å². The summed E-state index contributed by atoms with van der Waals surface area (Å²) in [4.78, 5) is 16.0. The van der Waals surface area contributed by atoms with E-state index in [2.05, 4.69) is 26.2 Å². The summed E-state index contributed by atoms with van der Waals surface area (Å²) in [7, 11) is 1.54. The van der Waals surface area contributed by atoms with Crippen LogP contribution >= 0.6 is 27.5 Å². The van der Waals surface area contributed by atoms with Gasteiger partial charge in [0.25, 0.3) is 5.91 Å². The summed E-state index contributed by atoms with van der Waals surface area (Å²) in [5, 5.41) is 2.92. The van der Waals surface area contributed by atoms with Gasteiger partial charge >= 0.3 is 0 Å². The zero-order chi connectivity index (χ0) is 14.7. The number of hydrogen-bond acceptors (Lipinski definition) is 4. The predicted octanol–water partition coefficient (Wildman–Crippen LogP) is 3.34. The lowest BCUT2D eigenvalue weighted by molar-refractivity contribution is 0.102. The number of halogens is 2. The second-order valence-corrected chi connectivity index (χ2v) is 5.13. The lowest BCUT2D eigenvalue weighted by Gasteiger charge is -2.09. The van der Waals surface area contributed by atoms with Gasteiger partial charge in [-0.1, -0.05) is 11.6 Å². The minimum atomic E-state index is -0.438. The Hall–Kier alpha value is -1.79. The Morgan fingerprint density at radius 3 is 2.85 bits per heavy atom. The molecule has 3 N–H and O–H groups in total. The fraction of sp³-hybridized carbons (Fsp3) is 0.0769. The summed E-state index contributed by atoms with van der Waals surface area (Å²) in [6, 6.07) is 8.23. The Morgan fingerprint density at radius 1 is 1.40 bits per heavy atom. The number of carbonyl (C=O) groups is 1. The molecule has 1 heterocycles. The van der Waals surface area contributed by atoms with E-state index in [-0.39, 0.29) is 16.5 Å². The first-order valence-electron chi connectivity index (χ1n) is 5.58. The van der Waals surface area contributed by atoms with E-state index in [4.69, 9.17) is 22.1 Å². The quantitative estimate of drug-likeness (QED) is 0.884. The van der Waals surface area contributed by atoms with Gasteiger partial charge in [-0.05, 0) is 40.2 Å². The van der Waals surface area contributed by atoms with Crippen molar-refractivity contribution in [2.45, 2.75) is 0 Å².